The lowest BCUT2D eigenvalue weighted by Gasteiger charge is -2.20. The number of aryl methyl sites for hydroxylation is 1. The zero-order valence-corrected chi connectivity index (χ0v) is 20.7. The molecule has 0 bridgehead atoms. The molecule has 0 saturated heterocycles. The Morgan fingerprint density at radius 1 is 1.21 bits per heavy atom. The number of aromatic amines is 1. The highest BCUT2D eigenvalue weighted by Crippen LogP contribution is 2.27. The van der Waals surface area contributed by atoms with Gasteiger partial charge >= 0.3 is 0 Å². The third-order valence-electron chi connectivity index (χ3n) is 5.62. The molecule has 10 heteroatoms. The molecule has 2 heterocycles. The van der Waals surface area contributed by atoms with E-state index in [-0.39, 0.29) is 0 Å². The lowest BCUT2D eigenvalue weighted by molar-refractivity contribution is 0.410. The van der Waals surface area contributed by atoms with Crippen LogP contribution in [0.3, 0.4) is 0 Å². The quantitative estimate of drug-likeness (QED) is 0.342. The van der Waals surface area contributed by atoms with Crippen LogP contribution in [0.15, 0.2) is 18.2 Å². The molecule has 0 amide bonds. The molecule has 0 unspecified atom stereocenters. The van der Waals surface area contributed by atoms with Crippen LogP contribution in [0.25, 0.3) is 0 Å². The Hall–Kier alpha value is -2.88. The third kappa shape index (κ3) is 7.05. The highest BCUT2D eigenvalue weighted by molar-refractivity contribution is 7.98. The van der Waals surface area contributed by atoms with E-state index in [1.54, 1.807) is 7.11 Å². The first-order valence-electron chi connectivity index (χ1n) is 11.3. The van der Waals surface area contributed by atoms with Crippen molar-refractivity contribution in [3.8, 4) is 5.75 Å². The summed E-state index contributed by atoms with van der Waals surface area (Å²) in [6.07, 6.45) is 7.82. The summed E-state index contributed by atoms with van der Waals surface area (Å²) in [6.45, 7) is 4.20. The topological polar surface area (TPSA) is 128 Å². The minimum atomic E-state index is 0.351. The molecular weight excluding hydrogens is 436 g/mol. The summed E-state index contributed by atoms with van der Waals surface area (Å²) in [5, 5.41) is 17.7. The number of methoxy groups -OCH3 is 1. The fourth-order valence-electron chi connectivity index (χ4n) is 3.79. The molecule has 9 nitrogen and oxygen atoms in total. The van der Waals surface area contributed by atoms with Gasteiger partial charge in [0.1, 0.15) is 11.6 Å². The van der Waals surface area contributed by atoms with Gasteiger partial charge in [0.15, 0.2) is 5.82 Å². The molecule has 0 radical (unpaired) electrons. The average Bonchev–Trinajstić information content (AvgIpc) is 3.31. The summed E-state index contributed by atoms with van der Waals surface area (Å²) >= 11 is 1.86. The minimum Gasteiger partial charge on any atom is -0.496 e. The number of nitrogens with two attached hydrogens (primary N) is 1. The van der Waals surface area contributed by atoms with Crippen molar-refractivity contribution in [3.05, 3.63) is 46.4 Å². The summed E-state index contributed by atoms with van der Waals surface area (Å²) in [5.74, 6) is 3.64. The maximum atomic E-state index is 6.42. The summed E-state index contributed by atoms with van der Waals surface area (Å²) in [6, 6.07) is 6.40. The van der Waals surface area contributed by atoms with Crippen molar-refractivity contribution in [2.24, 2.45) is 0 Å². The van der Waals surface area contributed by atoms with Crippen molar-refractivity contribution in [3.63, 3.8) is 0 Å². The number of anilines is 2. The Kier molecular flexibility index (Phi) is 9.29. The van der Waals surface area contributed by atoms with E-state index >= 15 is 0 Å². The number of H-pyrrole nitrogens is 1. The van der Waals surface area contributed by atoms with Gasteiger partial charge in [-0.25, -0.2) is 4.98 Å². The van der Waals surface area contributed by atoms with Gasteiger partial charge in [0.2, 0.25) is 5.95 Å². The number of rotatable bonds is 13. The number of hydrogen-bond acceptors (Lipinski definition) is 9. The first-order chi connectivity index (χ1) is 16.0. The second kappa shape index (κ2) is 12.4. The number of benzene rings is 1. The molecule has 1 aromatic carbocycles. The smallest absolute Gasteiger partial charge is 0.225 e. The standard InChI is InChI=1S/C23H34N8OS/c1-5-6-7-18(10-11-33-4)26-23-25-15(2)19(22(24)27-23)14-17-12-16(8-9-20(17)32-3)13-21-28-30-31-29-21/h8-9,12,18H,5-7,10-11,13-14H2,1-4H3,(H3,24,25,26,27)(H,28,29,30,31)/t18-/m0/s1. The normalized spacial score (nSPS) is 12.0. The van der Waals surface area contributed by atoms with E-state index in [0.29, 0.717) is 36.5 Å². The number of ether oxygens (including phenoxy) is 1. The van der Waals surface area contributed by atoms with E-state index in [1.165, 1.54) is 12.8 Å². The molecule has 0 aliphatic rings. The molecule has 0 fully saturated rings. The molecule has 178 valence electrons. The van der Waals surface area contributed by atoms with Crippen molar-refractivity contribution < 1.29 is 4.74 Å². The Balaban J connectivity index is 1.79. The van der Waals surface area contributed by atoms with Gasteiger partial charge in [-0.05, 0) is 49.0 Å². The highest BCUT2D eigenvalue weighted by Gasteiger charge is 2.16. The monoisotopic (exact) mass is 470 g/mol. The van der Waals surface area contributed by atoms with Crippen molar-refractivity contribution in [2.75, 3.05) is 30.2 Å². The van der Waals surface area contributed by atoms with Crippen molar-refractivity contribution in [1.29, 1.82) is 0 Å². The molecule has 0 spiro atoms. The summed E-state index contributed by atoms with van der Waals surface area (Å²) in [7, 11) is 1.67. The fraction of sp³-hybridized carbons (Fsp3) is 0.522. The Bertz CT molecular complexity index is 981. The number of nitrogens with zero attached hydrogens (tertiary/aromatic N) is 5. The lowest BCUT2D eigenvalue weighted by atomic mass is 9.99. The van der Waals surface area contributed by atoms with Crippen LogP contribution >= 0.6 is 11.8 Å². The maximum Gasteiger partial charge on any atom is 0.225 e. The second-order valence-electron chi connectivity index (χ2n) is 8.09. The molecule has 4 N–H and O–H groups in total. The number of nitrogens with one attached hydrogen (secondary N) is 2. The van der Waals surface area contributed by atoms with Crippen LogP contribution in [0, 0.1) is 6.92 Å². The van der Waals surface area contributed by atoms with Gasteiger partial charge in [-0.1, -0.05) is 37.1 Å². The van der Waals surface area contributed by atoms with Gasteiger partial charge in [0.25, 0.3) is 0 Å². The first-order valence-corrected chi connectivity index (χ1v) is 12.7. The van der Waals surface area contributed by atoms with Crippen LogP contribution in [0.1, 0.15) is 60.8 Å². The van der Waals surface area contributed by atoms with Crippen LogP contribution in [0.5, 0.6) is 5.75 Å². The van der Waals surface area contributed by atoms with Crippen molar-refractivity contribution in [2.45, 2.75) is 58.4 Å². The number of tetrazole rings is 1. The second-order valence-corrected chi connectivity index (χ2v) is 9.07. The van der Waals surface area contributed by atoms with Crippen LogP contribution in [-0.2, 0) is 12.8 Å². The van der Waals surface area contributed by atoms with E-state index in [4.69, 9.17) is 15.5 Å². The van der Waals surface area contributed by atoms with Gasteiger partial charge in [-0.3, -0.25) is 0 Å². The molecular formula is C23H34N8OS. The van der Waals surface area contributed by atoms with E-state index in [0.717, 1.165) is 46.7 Å². The molecule has 0 aliphatic carbocycles. The van der Waals surface area contributed by atoms with Crippen LogP contribution in [-0.4, -0.2) is 55.8 Å². The number of hydrogen-bond donors (Lipinski definition) is 3. The first kappa shape index (κ1) is 24.8. The predicted molar refractivity (Wildman–Crippen MR) is 134 cm³/mol. The van der Waals surface area contributed by atoms with Gasteiger partial charge in [-0.2, -0.15) is 22.0 Å². The van der Waals surface area contributed by atoms with Crippen molar-refractivity contribution >= 4 is 23.5 Å². The number of aromatic nitrogens is 6. The van der Waals surface area contributed by atoms with E-state index in [9.17, 15) is 0 Å². The zero-order valence-electron chi connectivity index (χ0n) is 19.9. The summed E-state index contributed by atoms with van der Waals surface area (Å²) in [4.78, 5) is 9.34. The summed E-state index contributed by atoms with van der Waals surface area (Å²) in [5.41, 5.74) is 10.3. The van der Waals surface area contributed by atoms with Gasteiger partial charge in [0.05, 0.1) is 7.11 Å². The Labute approximate surface area is 199 Å². The molecule has 2 aromatic heterocycles. The molecule has 0 aliphatic heterocycles. The SMILES string of the molecule is CCCC[C@@H](CCSC)Nc1nc(C)c(Cc2cc(Cc3nn[nH]n3)ccc2OC)c(N)n1. The van der Waals surface area contributed by atoms with E-state index < -0.39 is 0 Å². The predicted octanol–water partition coefficient (Wildman–Crippen LogP) is 3.79. The maximum absolute atomic E-state index is 6.42. The summed E-state index contributed by atoms with van der Waals surface area (Å²) < 4.78 is 5.59. The Morgan fingerprint density at radius 2 is 2.06 bits per heavy atom. The van der Waals surface area contributed by atoms with E-state index in [1.807, 2.05) is 30.8 Å². The highest BCUT2D eigenvalue weighted by atomic mass is 32.2. The van der Waals surface area contributed by atoms with Crippen LogP contribution in [0.4, 0.5) is 11.8 Å². The number of unbranched alkanes of at least 4 members (excludes halogenated alkanes) is 1. The zero-order chi connectivity index (χ0) is 23.6. The Morgan fingerprint density at radius 3 is 2.73 bits per heavy atom. The largest absolute Gasteiger partial charge is 0.496 e. The van der Waals surface area contributed by atoms with Gasteiger partial charge < -0.3 is 15.8 Å². The molecule has 3 rings (SSSR count). The van der Waals surface area contributed by atoms with Crippen molar-refractivity contribution in [1.82, 2.24) is 30.6 Å². The molecule has 0 saturated carbocycles. The van der Waals surface area contributed by atoms with Gasteiger partial charge in [-0.15, -0.1) is 10.2 Å². The third-order valence-corrected chi connectivity index (χ3v) is 6.26. The van der Waals surface area contributed by atoms with Crippen LogP contribution in [0.2, 0.25) is 0 Å². The average molecular weight is 471 g/mol. The lowest BCUT2D eigenvalue weighted by Crippen LogP contribution is -2.23. The van der Waals surface area contributed by atoms with E-state index in [2.05, 4.69) is 50.2 Å². The number of thioether (sulfide) groups is 1. The number of nitrogen functional groups attached to an aromatic ring is 1. The molecule has 3 aromatic rings. The molecule has 33 heavy (non-hydrogen) atoms. The molecule has 1 atom stereocenters. The van der Waals surface area contributed by atoms with Crippen LogP contribution < -0.4 is 15.8 Å². The minimum absolute atomic E-state index is 0.351. The fourth-order valence-corrected chi connectivity index (χ4v) is 4.31. The van der Waals surface area contributed by atoms with Gasteiger partial charge in [0, 0.05) is 30.1 Å².